The quantitative estimate of drug-likeness (QED) is 0.502. The number of piperazine rings is 1. The normalized spacial score (nSPS) is 15.3. The zero-order valence-corrected chi connectivity index (χ0v) is 18.1. The van der Waals surface area contributed by atoms with Gasteiger partial charge in [-0.2, -0.15) is 0 Å². The van der Waals surface area contributed by atoms with Crippen LogP contribution in [0.25, 0.3) is 21.0 Å². The monoisotopic (exact) mass is 455 g/mol. The van der Waals surface area contributed by atoms with Crippen LogP contribution >= 0.6 is 22.9 Å². The summed E-state index contributed by atoms with van der Waals surface area (Å²) in [6, 6.07) is 10.9. The Hall–Kier alpha value is -2.81. The number of hydrogen-bond donors (Lipinski definition) is 1. The van der Waals surface area contributed by atoms with E-state index in [0.717, 1.165) is 38.0 Å². The summed E-state index contributed by atoms with van der Waals surface area (Å²) >= 11 is 7.67. The summed E-state index contributed by atoms with van der Waals surface area (Å²) in [5, 5.41) is 1.70. The highest BCUT2D eigenvalue weighted by Gasteiger charge is 2.24. The zero-order valence-electron chi connectivity index (χ0n) is 16.5. The number of nitrogen functional groups attached to an aromatic ring is 1. The number of carbonyl (C=O) groups is 1. The molecule has 1 fully saturated rings. The first-order valence-electron chi connectivity index (χ1n) is 9.83. The third-order valence-electron chi connectivity index (χ3n) is 5.52. The number of rotatable bonds is 4. The van der Waals surface area contributed by atoms with Gasteiger partial charge in [-0.3, -0.25) is 9.69 Å². The minimum Gasteiger partial charge on any atom is -0.383 e. The molecule has 2 aromatic carbocycles. The van der Waals surface area contributed by atoms with Crippen molar-refractivity contribution in [1.29, 1.82) is 0 Å². The molecule has 6 nitrogen and oxygen atoms in total. The summed E-state index contributed by atoms with van der Waals surface area (Å²) < 4.78 is 14.6. The van der Waals surface area contributed by atoms with Crippen LogP contribution in [-0.2, 0) is 17.9 Å². The molecule has 4 aromatic rings. The molecule has 0 spiro atoms. The number of fused-ring (bicyclic) bond motifs is 2. The molecule has 5 rings (SSSR count). The van der Waals surface area contributed by atoms with E-state index >= 15 is 0 Å². The van der Waals surface area contributed by atoms with Crippen molar-refractivity contribution in [2.75, 3.05) is 25.4 Å². The molecule has 1 aliphatic rings. The number of nitrogens with two attached hydrogens (primary N) is 1. The van der Waals surface area contributed by atoms with Crippen LogP contribution in [0.15, 0.2) is 42.7 Å². The van der Waals surface area contributed by atoms with Crippen molar-refractivity contribution in [3.63, 3.8) is 0 Å². The van der Waals surface area contributed by atoms with Crippen LogP contribution in [0, 0.1) is 5.82 Å². The van der Waals surface area contributed by atoms with Gasteiger partial charge in [-0.1, -0.05) is 17.7 Å². The van der Waals surface area contributed by atoms with Gasteiger partial charge in [-0.15, -0.1) is 11.3 Å². The number of nitrogens with zero attached hydrogens (tertiary/aromatic N) is 4. The third kappa shape index (κ3) is 3.94. The fourth-order valence-corrected chi connectivity index (χ4v) is 5.29. The van der Waals surface area contributed by atoms with E-state index in [1.807, 2.05) is 29.2 Å². The van der Waals surface area contributed by atoms with Gasteiger partial charge in [-0.25, -0.2) is 14.4 Å². The molecule has 3 heterocycles. The van der Waals surface area contributed by atoms with Crippen LogP contribution in [0.5, 0.6) is 0 Å². The van der Waals surface area contributed by atoms with Gasteiger partial charge in [-0.05, 0) is 35.9 Å². The smallest absolute Gasteiger partial charge is 0.237 e. The van der Waals surface area contributed by atoms with Gasteiger partial charge in [0.15, 0.2) is 0 Å². The largest absolute Gasteiger partial charge is 0.383 e. The van der Waals surface area contributed by atoms with E-state index in [1.54, 1.807) is 17.4 Å². The Bertz CT molecular complexity index is 1310. The zero-order chi connectivity index (χ0) is 21.5. The highest BCUT2D eigenvalue weighted by atomic mass is 35.5. The Morgan fingerprint density at radius 1 is 1.10 bits per heavy atom. The van der Waals surface area contributed by atoms with Crippen LogP contribution in [0.1, 0.15) is 10.4 Å². The highest BCUT2D eigenvalue weighted by Crippen LogP contribution is 2.33. The van der Waals surface area contributed by atoms with Crippen LogP contribution in [-0.4, -0.2) is 45.3 Å². The molecule has 0 unspecified atom stereocenters. The van der Waals surface area contributed by atoms with E-state index in [4.69, 9.17) is 17.3 Å². The van der Waals surface area contributed by atoms with Crippen molar-refractivity contribution in [2.24, 2.45) is 0 Å². The number of benzene rings is 2. The molecule has 158 valence electrons. The van der Waals surface area contributed by atoms with Crippen molar-refractivity contribution >= 4 is 55.7 Å². The van der Waals surface area contributed by atoms with Crippen molar-refractivity contribution in [2.45, 2.75) is 13.1 Å². The predicted molar refractivity (Wildman–Crippen MR) is 121 cm³/mol. The number of halogens is 2. The second-order valence-corrected chi connectivity index (χ2v) is 9.17. The second kappa shape index (κ2) is 8.03. The Labute approximate surface area is 187 Å². The minimum atomic E-state index is -0.412. The maximum atomic E-state index is 13.7. The lowest BCUT2D eigenvalue weighted by molar-refractivity contribution is -0.136. The average Bonchev–Trinajstić information content (AvgIpc) is 3.16. The lowest BCUT2D eigenvalue weighted by Crippen LogP contribution is -2.49. The molecule has 0 bridgehead atoms. The van der Waals surface area contributed by atoms with E-state index in [9.17, 15) is 9.18 Å². The number of carbonyl (C=O) groups excluding carboxylic acids is 1. The van der Waals surface area contributed by atoms with E-state index in [0.29, 0.717) is 32.0 Å². The van der Waals surface area contributed by atoms with Gasteiger partial charge in [0.1, 0.15) is 18.0 Å². The Morgan fingerprint density at radius 3 is 2.81 bits per heavy atom. The second-order valence-electron chi connectivity index (χ2n) is 7.62. The molecule has 0 atom stereocenters. The van der Waals surface area contributed by atoms with E-state index in [-0.39, 0.29) is 10.9 Å². The molecule has 9 heteroatoms. The maximum absolute atomic E-state index is 13.7. The van der Waals surface area contributed by atoms with Crippen LogP contribution in [0.3, 0.4) is 0 Å². The molecular weight excluding hydrogens is 437 g/mol. The lowest BCUT2D eigenvalue weighted by Gasteiger charge is -2.34. The van der Waals surface area contributed by atoms with Crippen LogP contribution in [0.2, 0.25) is 5.02 Å². The topological polar surface area (TPSA) is 75.3 Å². The summed E-state index contributed by atoms with van der Waals surface area (Å²) in [6.45, 7) is 2.93. The number of hydrogen-bond acceptors (Lipinski definition) is 6. The molecular formula is C22H19ClFN5OS. The number of aromatic nitrogens is 2. The van der Waals surface area contributed by atoms with Crippen molar-refractivity contribution in [3.8, 4) is 0 Å². The molecule has 2 aromatic heterocycles. The van der Waals surface area contributed by atoms with Crippen LogP contribution in [0.4, 0.5) is 10.2 Å². The van der Waals surface area contributed by atoms with E-state index in [2.05, 4.69) is 14.9 Å². The first-order chi connectivity index (χ1) is 15.0. The maximum Gasteiger partial charge on any atom is 0.237 e. The fourth-order valence-electron chi connectivity index (χ4n) is 3.90. The SMILES string of the molecule is Nc1ncnc2cc(CN3CCN(Cc4cc5c(Cl)c(F)ccc5s4)CC3=O)ccc12. The molecule has 1 aliphatic heterocycles. The molecule has 0 saturated carbocycles. The Balaban J connectivity index is 1.25. The predicted octanol–water partition coefficient (Wildman–Crippen LogP) is 4.06. The standard InChI is InChI=1S/C22H19ClFN5OS/c23-21-16-8-14(31-19(16)4-3-17(21)24)10-28-5-6-29(20(30)11-28)9-13-1-2-15-18(7-13)26-12-27-22(15)25/h1-4,7-8,12H,5-6,9-11H2,(H2,25,26,27). The van der Waals surface area contributed by atoms with Crippen LogP contribution < -0.4 is 5.73 Å². The molecule has 0 aliphatic carbocycles. The first kappa shape index (κ1) is 20.1. The molecule has 1 saturated heterocycles. The van der Waals surface area contributed by atoms with Gasteiger partial charge in [0.05, 0.1) is 17.1 Å². The summed E-state index contributed by atoms with van der Waals surface area (Å²) in [5.41, 5.74) is 7.67. The third-order valence-corrected chi connectivity index (χ3v) is 6.99. The minimum absolute atomic E-state index is 0.0822. The summed E-state index contributed by atoms with van der Waals surface area (Å²) in [6.07, 6.45) is 1.45. The van der Waals surface area contributed by atoms with E-state index < -0.39 is 5.82 Å². The first-order valence-corrected chi connectivity index (χ1v) is 11.0. The van der Waals surface area contributed by atoms with Crippen molar-refractivity contribution in [1.82, 2.24) is 19.8 Å². The van der Waals surface area contributed by atoms with Crippen molar-refractivity contribution in [3.05, 3.63) is 64.0 Å². The summed E-state index contributed by atoms with van der Waals surface area (Å²) in [5.74, 6) is 0.121. The molecule has 2 N–H and O–H groups in total. The number of anilines is 1. The highest BCUT2D eigenvalue weighted by molar-refractivity contribution is 7.19. The van der Waals surface area contributed by atoms with E-state index in [1.165, 1.54) is 12.4 Å². The van der Waals surface area contributed by atoms with Gasteiger partial charge in [0, 0.05) is 46.5 Å². The summed E-state index contributed by atoms with van der Waals surface area (Å²) in [7, 11) is 0. The van der Waals surface area contributed by atoms with Gasteiger partial charge >= 0.3 is 0 Å². The fraction of sp³-hybridized carbons (Fsp3) is 0.227. The van der Waals surface area contributed by atoms with Gasteiger partial charge in [0.25, 0.3) is 0 Å². The van der Waals surface area contributed by atoms with Crippen molar-refractivity contribution < 1.29 is 9.18 Å². The molecule has 1 amide bonds. The van der Waals surface area contributed by atoms with Gasteiger partial charge in [0.2, 0.25) is 5.91 Å². The van der Waals surface area contributed by atoms with Gasteiger partial charge < -0.3 is 10.6 Å². The number of thiophene rings is 1. The molecule has 0 radical (unpaired) electrons. The molecule has 31 heavy (non-hydrogen) atoms. The summed E-state index contributed by atoms with van der Waals surface area (Å²) in [4.78, 5) is 26.1. The lowest BCUT2D eigenvalue weighted by atomic mass is 10.1. The Morgan fingerprint density at radius 2 is 1.97 bits per heavy atom. The number of amides is 1. The average molecular weight is 456 g/mol. The Kier molecular flexibility index (Phi) is 5.21.